The van der Waals surface area contributed by atoms with Crippen LogP contribution >= 0.6 is 11.6 Å². The van der Waals surface area contributed by atoms with Crippen molar-refractivity contribution in [3.8, 4) is 17.6 Å². The topological polar surface area (TPSA) is 88.4 Å². The molecule has 0 aromatic heterocycles. The normalized spacial score (nSPS) is 10.7. The van der Waals surface area contributed by atoms with E-state index in [1.165, 1.54) is 6.08 Å². The minimum Gasteiger partial charge on any atom is -0.482 e. The van der Waals surface area contributed by atoms with E-state index < -0.39 is 11.9 Å². The van der Waals surface area contributed by atoms with Gasteiger partial charge in [-0.05, 0) is 48.4 Å². The maximum atomic E-state index is 12.0. The van der Waals surface area contributed by atoms with E-state index in [1.807, 2.05) is 13.0 Å². The zero-order valence-electron chi connectivity index (χ0n) is 16.0. The molecule has 0 bridgehead atoms. The number of carbonyl (C=O) groups is 2. The molecular weight excluding hydrogens is 392 g/mol. The van der Waals surface area contributed by atoms with Gasteiger partial charge in [-0.1, -0.05) is 43.1 Å². The second-order valence-corrected chi connectivity index (χ2v) is 6.50. The molecule has 0 saturated heterocycles. The number of carbonyl (C=O) groups excluding carboxylic acids is 2. The van der Waals surface area contributed by atoms with Crippen molar-refractivity contribution in [3.05, 3.63) is 64.7 Å². The number of nitrogens with one attached hydrogen (secondary N) is 1. The summed E-state index contributed by atoms with van der Waals surface area (Å²) in [5.74, 6) is -0.181. The third-order valence-electron chi connectivity index (χ3n) is 3.76. The number of nitrogens with zero attached hydrogens (tertiary/aromatic N) is 1. The van der Waals surface area contributed by atoms with Crippen LogP contribution in [0.5, 0.6) is 11.5 Å². The van der Waals surface area contributed by atoms with Crippen LogP contribution in [0, 0.1) is 11.3 Å². The van der Waals surface area contributed by atoms with Gasteiger partial charge < -0.3 is 14.8 Å². The molecule has 0 heterocycles. The fraction of sp³-hybridized carbons (Fsp3) is 0.227. The van der Waals surface area contributed by atoms with Crippen LogP contribution in [0.4, 0.5) is 0 Å². The lowest BCUT2D eigenvalue weighted by Crippen LogP contribution is -2.25. The summed E-state index contributed by atoms with van der Waals surface area (Å²) in [5.41, 5.74) is 0.655. The van der Waals surface area contributed by atoms with Gasteiger partial charge >= 0.3 is 5.97 Å². The maximum Gasteiger partial charge on any atom is 0.349 e. The average molecular weight is 413 g/mol. The molecule has 0 fully saturated rings. The Morgan fingerprint density at radius 3 is 2.59 bits per heavy atom. The van der Waals surface area contributed by atoms with Crippen molar-refractivity contribution in [2.45, 2.75) is 19.8 Å². The Kier molecular flexibility index (Phi) is 8.74. The molecule has 2 aromatic carbocycles. The predicted octanol–water partition coefficient (Wildman–Crippen LogP) is 4.15. The van der Waals surface area contributed by atoms with Gasteiger partial charge in [-0.25, -0.2) is 4.79 Å². The molecule has 0 aliphatic rings. The number of unbranched alkanes of at least 4 members (excludes halogenated alkanes) is 1. The van der Waals surface area contributed by atoms with Gasteiger partial charge in [-0.15, -0.1) is 0 Å². The van der Waals surface area contributed by atoms with Crippen LogP contribution in [0.3, 0.4) is 0 Å². The van der Waals surface area contributed by atoms with Crippen LogP contribution in [0.25, 0.3) is 6.08 Å². The molecule has 0 spiro atoms. The van der Waals surface area contributed by atoms with Crippen molar-refractivity contribution in [2.75, 3.05) is 13.2 Å². The molecule has 1 amide bonds. The number of halogens is 1. The molecule has 2 rings (SSSR count). The fourth-order valence-corrected chi connectivity index (χ4v) is 2.46. The van der Waals surface area contributed by atoms with Gasteiger partial charge in [0, 0.05) is 11.6 Å². The average Bonchev–Trinajstić information content (AvgIpc) is 2.72. The van der Waals surface area contributed by atoms with Gasteiger partial charge in [0.1, 0.15) is 23.1 Å². The third-order valence-corrected chi connectivity index (χ3v) is 3.99. The van der Waals surface area contributed by atoms with E-state index in [2.05, 4.69) is 5.32 Å². The Hall–Kier alpha value is -3.30. The van der Waals surface area contributed by atoms with Crippen molar-refractivity contribution < 1.29 is 19.1 Å². The molecule has 150 valence electrons. The van der Waals surface area contributed by atoms with E-state index >= 15 is 0 Å². The zero-order chi connectivity index (χ0) is 21.1. The van der Waals surface area contributed by atoms with E-state index in [4.69, 9.17) is 21.1 Å². The Morgan fingerprint density at radius 2 is 1.93 bits per heavy atom. The molecule has 0 saturated carbocycles. The molecular formula is C22H21ClN2O4. The first-order chi connectivity index (χ1) is 14.0. The molecule has 6 nitrogen and oxygen atoms in total. The van der Waals surface area contributed by atoms with E-state index in [9.17, 15) is 14.9 Å². The Labute approximate surface area is 174 Å². The van der Waals surface area contributed by atoms with Crippen LogP contribution in [0.15, 0.2) is 54.1 Å². The lowest BCUT2D eigenvalue weighted by molar-refractivity contribution is -0.136. The smallest absolute Gasteiger partial charge is 0.349 e. The van der Waals surface area contributed by atoms with Crippen molar-refractivity contribution in [1.82, 2.24) is 5.32 Å². The molecule has 1 N–H and O–H groups in total. The number of hydrogen-bond donors (Lipinski definition) is 1. The van der Waals surface area contributed by atoms with Crippen LogP contribution in [-0.4, -0.2) is 25.0 Å². The first kappa shape index (κ1) is 22.0. The maximum absolute atomic E-state index is 12.0. The summed E-state index contributed by atoms with van der Waals surface area (Å²) in [6.45, 7) is 2.28. The molecule has 7 heteroatoms. The molecule has 0 atom stereocenters. The van der Waals surface area contributed by atoms with Crippen LogP contribution in [0.2, 0.25) is 5.02 Å². The van der Waals surface area contributed by atoms with E-state index in [0.29, 0.717) is 28.6 Å². The number of ether oxygens (including phenoxy) is 2. The lowest BCUT2D eigenvalue weighted by atomic mass is 10.1. The van der Waals surface area contributed by atoms with Crippen LogP contribution < -0.4 is 14.8 Å². The number of rotatable bonds is 9. The van der Waals surface area contributed by atoms with E-state index in [1.54, 1.807) is 48.5 Å². The second kappa shape index (κ2) is 11.5. The molecule has 0 aliphatic carbocycles. The number of nitriles is 1. The lowest BCUT2D eigenvalue weighted by Gasteiger charge is -2.07. The van der Waals surface area contributed by atoms with Crippen LogP contribution in [-0.2, 0) is 9.59 Å². The van der Waals surface area contributed by atoms with E-state index in [-0.39, 0.29) is 12.2 Å². The summed E-state index contributed by atoms with van der Waals surface area (Å²) >= 11 is 5.86. The van der Waals surface area contributed by atoms with Gasteiger partial charge in [0.2, 0.25) is 0 Å². The number of hydrogen-bond acceptors (Lipinski definition) is 5. The van der Waals surface area contributed by atoms with Gasteiger partial charge in [-0.2, -0.15) is 5.26 Å². The summed E-state index contributed by atoms with van der Waals surface area (Å²) < 4.78 is 10.5. The third kappa shape index (κ3) is 7.68. The Bertz CT molecular complexity index is 917. The highest BCUT2D eigenvalue weighted by molar-refractivity contribution is 6.30. The summed E-state index contributed by atoms with van der Waals surface area (Å²) in [4.78, 5) is 23.9. The SMILES string of the molecule is CCCCNC(=O)/C(C#N)=C/c1ccc(OC(=O)COc2cccc(Cl)c2)cc1. The summed E-state index contributed by atoms with van der Waals surface area (Å²) in [6.07, 6.45) is 3.29. The Morgan fingerprint density at radius 1 is 1.17 bits per heavy atom. The standard InChI is InChI=1S/C22H21ClN2O4/c1-2-3-11-25-22(27)17(14-24)12-16-7-9-19(10-8-16)29-21(26)15-28-20-6-4-5-18(23)13-20/h4-10,12-13H,2-3,11,15H2,1H3,(H,25,27)/b17-12+. The minimum absolute atomic E-state index is 0.0146. The first-order valence-electron chi connectivity index (χ1n) is 9.11. The second-order valence-electron chi connectivity index (χ2n) is 6.07. The highest BCUT2D eigenvalue weighted by Gasteiger charge is 2.09. The number of benzene rings is 2. The monoisotopic (exact) mass is 412 g/mol. The van der Waals surface area contributed by atoms with Gasteiger partial charge in [0.25, 0.3) is 5.91 Å². The molecule has 0 aliphatic heterocycles. The highest BCUT2D eigenvalue weighted by Crippen LogP contribution is 2.18. The minimum atomic E-state index is -0.568. The fourth-order valence-electron chi connectivity index (χ4n) is 2.28. The van der Waals surface area contributed by atoms with Crippen molar-refractivity contribution in [2.24, 2.45) is 0 Å². The first-order valence-corrected chi connectivity index (χ1v) is 9.48. The number of amides is 1. The molecule has 29 heavy (non-hydrogen) atoms. The van der Waals surface area contributed by atoms with Gasteiger partial charge in [-0.3, -0.25) is 4.79 Å². The van der Waals surface area contributed by atoms with Crippen molar-refractivity contribution >= 4 is 29.6 Å². The summed E-state index contributed by atoms with van der Waals surface area (Å²) in [7, 11) is 0. The molecule has 0 radical (unpaired) electrons. The predicted molar refractivity (Wildman–Crippen MR) is 111 cm³/mol. The van der Waals surface area contributed by atoms with Crippen molar-refractivity contribution in [1.29, 1.82) is 5.26 Å². The van der Waals surface area contributed by atoms with Crippen LogP contribution in [0.1, 0.15) is 25.3 Å². The summed E-state index contributed by atoms with van der Waals surface area (Å²) in [5, 5.41) is 12.4. The van der Waals surface area contributed by atoms with E-state index in [0.717, 1.165) is 12.8 Å². The Balaban J connectivity index is 1.90. The summed E-state index contributed by atoms with van der Waals surface area (Å²) in [6, 6.07) is 15.1. The van der Waals surface area contributed by atoms with Gasteiger partial charge in [0.15, 0.2) is 6.61 Å². The van der Waals surface area contributed by atoms with Crippen molar-refractivity contribution in [3.63, 3.8) is 0 Å². The van der Waals surface area contributed by atoms with Gasteiger partial charge in [0.05, 0.1) is 0 Å². The largest absolute Gasteiger partial charge is 0.482 e. The zero-order valence-corrected chi connectivity index (χ0v) is 16.7. The molecule has 0 unspecified atom stereocenters. The molecule has 2 aromatic rings. The number of esters is 1. The quantitative estimate of drug-likeness (QED) is 0.220. The highest BCUT2D eigenvalue weighted by atomic mass is 35.5.